The molecule has 1 heterocycles. The fourth-order valence-corrected chi connectivity index (χ4v) is 4.46. The lowest BCUT2D eigenvalue weighted by molar-refractivity contribution is 0.597. The predicted octanol–water partition coefficient (Wildman–Crippen LogP) is 3.16. The van der Waals surface area contributed by atoms with E-state index in [-0.39, 0.29) is 11.6 Å². The molecular weight excluding hydrogens is 304 g/mol. The van der Waals surface area contributed by atoms with Crippen LogP contribution in [0.5, 0.6) is 0 Å². The van der Waals surface area contributed by atoms with Crippen LogP contribution >= 0.6 is 22.9 Å². The van der Waals surface area contributed by atoms with Crippen molar-refractivity contribution >= 4 is 43.8 Å². The molecule has 0 amide bonds. The Bertz CT molecular complexity index is 641. The van der Waals surface area contributed by atoms with E-state index in [1.807, 2.05) is 18.4 Å². The zero-order chi connectivity index (χ0) is 13.9. The SMILES string of the molecule is Cc1csc(N(c2ccccc2)S(=O)(=O)CCCl)n1. The van der Waals surface area contributed by atoms with Gasteiger partial charge in [0.15, 0.2) is 0 Å². The van der Waals surface area contributed by atoms with Crippen molar-refractivity contribution < 1.29 is 8.42 Å². The summed E-state index contributed by atoms with van der Waals surface area (Å²) in [5.74, 6) is -0.0713. The molecule has 0 atom stereocenters. The molecule has 2 rings (SSSR count). The van der Waals surface area contributed by atoms with Gasteiger partial charge in [0, 0.05) is 11.3 Å². The van der Waals surface area contributed by atoms with Crippen LogP contribution < -0.4 is 4.31 Å². The Kier molecular flexibility index (Phi) is 4.44. The van der Waals surface area contributed by atoms with Gasteiger partial charge in [0.1, 0.15) is 0 Å². The number of thiazole rings is 1. The number of nitrogens with zero attached hydrogens (tertiary/aromatic N) is 2. The third-order valence-electron chi connectivity index (χ3n) is 2.38. The zero-order valence-electron chi connectivity index (χ0n) is 10.3. The molecule has 0 fully saturated rings. The van der Waals surface area contributed by atoms with Crippen molar-refractivity contribution in [2.75, 3.05) is 15.9 Å². The van der Waals surface area contributed by atoms with E-state index in [0.717, 1.165) is 5.69 Å². The molecule has 0 bridgehead atoms. The van der Waals surface area contributed by atoms with Crippen LogP contribution in [0.4, 0.5) is 10.8 Å². The van der Waals surface area contributed by atoms with E-state index in [9.17, 15) is 8.42 Å². The van der Waals surface area contributed by atoms with Gasteiger partial charge in [0.2, 0.25) is 15.2 Å². The quantitative estimate of drug-likeness (QED) is 0.796. The number of aryl methyl sites for hydroxylation is 1. The van der Waals surface area contributed by atoms with E-state index in [0.29, 0.717) is 10.8 Å². The summed E-state index contributed by atoms with van der Waals surface area (Å²) in [4.78, 5) is 4.26. The van der Waals surface area contributed by atoms with E-state index in [1.165, 1.54) is 15.6 Å². The van der Waals surface area contributed by atoms with E-state index < -0.39 is 10.0 Å². The van der Waals surface area contributed by atoms with Crippen molar-refractivity contribution in [2.24, 2.45) is 0 Å². The van der Waals surface area contributed by atoms with Crippen molar-refractivity contribution in [1.82, 2.24) is 4.98 Å². The second-order valence-electron chi connectivity index (χ2n) is 3.88. The largest absolute Gasteiger partial charge is 0.242 e. The lowest BCUT2D eigenvalue weighted by Crippen LogP contribution is -2.29. The van der Waals surface area contributed by atoms with Crippen LogP contribution in [0.15, 0.2) is 35.7 Å². The number of hydrogen-bond acceptors (Lipinski definition) is 4. The summed E-state index contributed by atoms with van der Waals surface area (Å²) in [6.07, 6.45) is 0. The Morgan fingerprint density at radius 3 is 2.53 bits per heavy atom. The summed E-state index contributed by atoms with van der Waals surface area (Å²) in [7, 11) is -3.52. The highest BCUT2D eigenvalue weighted by molar-refractivity contribution is 7.93. The number of rotatable bonds is 5. The van der Waals surface area contributed by atoms with Crippen LogP contribution in [-0.4, -0.2) is 25.0 Å². The summed E-state index contributed by atoms with van der Waals surface area (Å²) in [5, 5.41) is 2.26. The summed E-state index contributed by atoms with van der Waals surface area (Å²) in [5.41, 5.74) is 1.36. The molecule has 4 nitrogen and oxygen atoms in total. The van der Waals surface area contributed by atoms with Gasteiger partial charge in [-0.1, -0.05) is 18.2 Å². The van der Waals surface area contributed by atoms with Gasteiger partial charge in [0.25, 0.3) is 0 Å². The minimum atomic E-state index is -3.52. The first-order chi connectivity index (χ1) is 9.04. The predicted molar refractivity (Wildman–Crippen MR) is 79.9 cm³/mol. The van der Waals surface area contributed by atoms with Gasteiger partial charge >= 0.3 is 0 Å². The molecule has 1 aromatic heterocycles. The topological polar surface area (TPSA) is 50.3 Å². The van der Waals surface area contributed by atoms with E-state index in [2.05, 4.69) is 4.98 Å². The highest BCUT2D eigenvalue weighted by Gasteiger charge is 2.26. The zero-order valence-corrected chi connectivity index (χ0v) is 12.7. The maximum Gasteiger partial charge on any atom is 0.242 e. The van der Waals surface area contributed by atoms with Gasteiger partial charge in [-0.05, 0) is 19.1 Å². The standard InChI is InChI=1S/C12H13ClN2O2S2/c1-10-9-18-12(14-10)15(19(16,17)8-7-13)11-5-3-2-4-6-11/h2-6,9H,7-8H2,1H3. The number of halogens is 1. The smallest absolute Gasteiger partial charge is 0.224 e. The fourth-order valence-electron chi connectivity index (χ4n) is 1.58. The van der Waals surface area contributed by atoms with Crippen LogP contribution in [0.2, 0.25) is 0 Å². The van der Waals surface area contributed by atoms with Gasteiger partial charge in [-0.3, -0.25) is 0 Å². The second kappa shape index (κ2) is 5.90. The number of para-hydroxylation sites is 1. The lowest BCUT2D eigenvalue weighted by Gasteiger charge is -2.21. The molecule has 0 unspecified atom stereocenters. The monoisotopic (exact) mass is 316 g/mol. The molecular formula is C12H13ClN2O2S2. The molecule has 0 spiro atoms. The third kappa shape index (κ3) is 3.26. The fraction of sp³-hybridized carbons (Fsp3) is 0.250. The molecule has 2 aromatic rings. The number of benzene rings is 1. The maximum absolute atomic E-state index is 12.3. The molecule has 0 saturated heterocycles. The molecule has 0 radical (unpaired) electrons. The first-order valence-electron chi connectivity index (χ1n) is 5.61. The highest BCUT2D eigenvalue weighted by atomic mass is 35.5. The van der Waals surface area contributed by atoms with Crippen LogP contribution in [0.25, 0.3) is 0 Å². The molecule has 7 heteroatoms. The second-order valence-corrected chi connectivity index (χ2v) is 7.03. The minimum Gasteiger partial charge on any atom is -0.224 e. The molecule has 0 aliphatic rings. The van der Waals surface area contributed by atoms with Gasteiger partial charge in [-0.25, -0.2) is 17.7 Å². The Balaban J connectivity index is 2.52. The number of alkyl halides is 1. The number of sulfonamides is 1. The molecule has 0 aliphatic heterocycles. The van der Waals surface area contributed by atoms with Crippen molar-refractivity contribution in [2.45, 2.75) is 6.92 Å². The van der Waals surface area contributed by atoms with Crippen LogP contribution in [0, 0.1) is 6.92 Å². The normalized spacial score (nSPS) is 11.5. The first-order valence-corrected chi connectivity index (χ1v) is 8.63. The first kappa shape index (κ1) is 14.3. The van der Waals surface area contributed by atoms with Gasteiger partial charge in [-0.15, -0.1) is 22.9 Å². The van der Waals surface area contributed by atoms with Crippen LogP contribution in [-0.2, 0) is 10.0 Å². The Morgan fingerprint density at radius 2 is 2.00 bits per heavy atom. The Hall–Kier alpha value is -1.11. The van der Waals surface area contributed by atoms with E-state index in [1.54, 1.807) is 24.3 Å². The van der Waals surface area contributed by atoms with Crippen LogP contribution in [0.3, 0.4) is 0 Å². The van der Waals surface area contributed by atoms with Crippen molar-refractivity contribution in [3.8, 4) is 0 Å². The molecule has 0 aliphatic carbocycles. The maximum atomic E-state index is 12.3. The minimum absolute atomic E-state index is 0.0516. The average molecular weight is 317 g/mol. The number of hydrogen-bond donors (Lipinski definition) is 0. The summed E-state index contributed by atoms with van der Waals surface area (Å²) >= 11 is 6.89. The van der Waals surface area contributed by atoms with Gasteiger partial charge in [-0.2, -0.15) is 0 Å². The summed E-state index contributed by atoms with van der Waals surface area (Å²) < 4.78 is 26.0. The Labute approximate surface area is 121 Å². The van der Waals surface area contributed by atoms with Crippen molar-refractivity contribution in [1.29, 1.82) is 0 Å². The molecule has 1 aromatic carbocycles. The van der Waals surface area contributed by atoms with Crippen molar-refractivity contribution in [3.63, 3.8) is 0 Å². The van der Waals surface area contributed by atoms with Gasteiger partial charge < -0.3 is 0 Å². The highest BCUT2D eigenvalue weighted by Crippen LogP contribution is 2.31. The average Bonchev–Trinajstić information content (AvgIpc) is 2.76. The third-order valence-corrected chi connectivity index (χ3v) is 5.52. The van der Waals surface area contributed by atoms with Gasteiger partial charge in [0.05, 0.1) is 17.1 Å². The molecule has 19 heavy (non-hydrogen) atoms. The molecule has 0 N–H and O–H groups in total. The van der Waals surface area contributed by atoms with Crippen molar-refractivity contribution in [3.05, 3.63) is 41.4 Å². The summed E-state index contributed by atoms with van der Waals surface area (Å²) in [6, 6.07) is 8.89. The Morgan fingerprint density at radius 1 is 1.32 bits per heavy atom. The van der Waals surface area contributed by atoms with Crippen LogP contribution in [0.1, 0.15) is 5.69 Å². The molecule has 102 valence electrons. The summed E-state index contributed by atoms with van der Waals surface area (Å²) in [6.45, 7) is 1.83. The van der Waals surface area contributed by atoms with E-state index >= 15 is 0 Å². The van der Waals surface area contributed by atoms with E-state index in [4.69, 9.17) is 11.6 Å². The molecule has 0 saturated carbocycles. The number of anilines is 2. The lowest BCUT2D eigenvalue weighted by atomic mass is 10.3. The number of aromatic nitrogens is 1.